The van der Waals surface area contributed by atoms with Gasteiger partial charge in [0, 0.05) is 6.42 Å². The molecule has 0 radical (unpaired) electrons. The van der Waals surface area contributed by atoms with Gasteiger partial charge in [-0.15, -0.1) is 0 Å². The number of rotatable bonds is 1. The summed E-state index contributed by atoms with van der Waals surface area (Å²) < 4.78 is 0. The topological polar surface area (TPSA) is 52.1 Å². The van der Waals surface area contributed by atoms with E-state index in [0.29, 0.717) is 6.42 Å². The lowest BCUT2D eigenvalue weighted by atomic mass is 10.4. The van der Waals surface area contributed by atoms with E-state index < -0.39 is 0 Å². The van der Waals surface area contributed by atoms with Crippen LogP contribution in [0.25, 0.3) is 0 Å². The normalized spacial score (nSPS) is 6.33. The van der Waals surface area contributed by atoms with Crippen LogP contribution in [0.15, 0.2) is 0 Å². The van der Waals surface area contributed by atoms with Crippen molar-refractivity contribution in [3.05, 3.63) is 0 Å². The third-order valence-corrected chi connectivity index (χ3v) is 0.498. The molecule has 2 nitrogen and oxygen atoms in total. The highest BCUT2D eigenvalue weighted by molar-refractivity contribution is 5.74. The van der Waals surface area contributed by atoms with Crippen molar-refractivity contribution >= 4 is 5.78 Å². The maximum absolute atomic E-state index is 9.81. The van der Waals surface area contributed by atoms with Gasteiger partial charge in [-0.25, -0.2) is 0 Å². The van der Waals surface area contributed by atoms with E-state index in [9.17, 15) is 4.79 Å². The molecular weight excluding hydrogens is 78.0 g/mol. The van der Waals surface area contributed by atoms with Crippen LogP contribution in [-0.2, 0) is 4.79 Å². The third-order valence-electron chi connectivity index (χ3n) is 0.498. The average molecular weight is 89.1 g/mol. The number of hydrogen-bond donors (Lipinski definition) is 1. The Morgan fingerprint density at radius 3 is 1.83 bits per heavy atom. The van der Waals surface area contributed by atoms with Crippen molar-refractivity contribution in [3.8, 4) is 0 Å². The molecule has 0 spiro atoms. The standard InChI is InChI=1S/C4H8O.H3N/c1-3-4(2)5;/h3H2,1-2H3;1H3. The van der Waals surface area contributed by atoms with Crippen LogP contribution < -0.4 is 6.15 Å². The molecule has 38 valence electrons. The Morgan fingerprint density at radius 1 is 1.67 bits per heavy atom. The molecule has 0 bridgehead atoms. The lowest BCUT2D eigenvalue weighted by Crippen LogP contribution is -1.80. The summed E-state index contributed by atoms with van der Waals surface area (Å²) in [7, 11) is 0. The second kappa shape index (κ2) is 4.63. The van der Waals surface area contributed by atoms with Crippen molar-refractivity contribution in [2.24, 2.45) is 0 Å². The van der Waals surface area contributed by atoms with Crippen LogP contribution in [0.5, 0.6) is 0 Å². The molecule has 0 aliphatic carbocycles. The van der Waals surface area contributed by atoms with Gasteiger partial charge in [0.2, 0.25) is 0 Å². The minimum absolute atomic E-state index is 0. The van der Waals surface area contributed by atoms with Crippen LogP contribution in [0.4, 0.5) is 0 Å². The Balaban J connectivity index is 0. The highest BCUT2D eigenvalue weighted by Gasteiger charge is 1.76. The number of Topliss-reactive ketones (excluding diaryl/α,β-unsaturated/α-hetero) is 1. The zero-order chi connectivity index (χ0) is 4.28. The van der Waals surface area contributed by atoms with E-state index in [1.807, 2.05) is 6.92 Å². The SMILES string of the molecule is CCC(C)=O.N. The van der Waals surface area contributed by atoms with E-state index >= 15 is 0 Å². The first-order valence-electron chi connectivity index (χ1n) is 1.76. The van der Waals surface area contributed by atoms with Gasteiger partial charge in [0.1, 0.15) is 5.78 Å². The molecule has 0 aromatic carbocycles. The molecule has 0 saturated carbocycles. The van der Waals surface area contributed by atoms with Gasteiger partial charge >= 0.3 is 0 Å². The first-order chi connectivity index (χ1) is 2.27. The maximum atomic E-state index is 9.81. The Morgan fingerprint density at radius 2 is 1.83 bits per heavy atom. The summed E-state index contributed by atoms with van der Waals surface area (Å²) in [6.45, 7) is 3.43. The quantitative estimate of drug-likeness (QED) is 0.523. The van der Waals surface area contributed by atoms with Crippen LogP contribution in [0.3, 0.4) is 0 Å². The Hall–Kier alpha value is -0.370. The first-order valence-corrected chi connectivity index (χ1v) is 1.76. The summed E-state index contributed by atoms with van der Waals surface area (Å²) in [6, 6.07) is 0. The molecule has 0 aromatic heterocycles. The van der Waals surface area contributed by atoms with E-state index in [1.165, 1.54) is 0 Å². The maximum Gasteiger partial charge on any atom is 0.129 e. The second-order valence-corrected chi connectivity index (χ2v) is 1.06. The van der Waals surface area contributed by atoms with E-state index in [-0.39, 0.29) is 11.9 Å². The van der Waals surface area contributed by atoms with Gasteiger partial charge in [-0.05, 0) is 6.92 Å². The van der Waals surface area contributed by atoms with Crippen LogP contribution in [0, 0.1) is 0 Å². The third kappa shape index (κ3) is 9.45. The van der Waals surface area contributed by atoms with Gasteiger partial charge < -0.3 is 10.9 Å². The minimum Gasteiger partial charge on any atom is -0.344 e. The van der Waals surface area contributed by atoms with E-state index in [1.54, 1.807) is 6.92 Å². The Bertz CT molecular complexity index is 42.8. The first kappa shape index (κ1) is 9.16. The summed E-state index contributed by atoms with van der Waals surface area (Å²) in [6.07, 6.45) is 0.667. The lowest BCUT2D eigenvalue weighted by molar-refractivity contribution is -0.116. The Kier molecular flexibility index (Phi) is 7.07. The zero-order valence-corrected chi connectivity index (χ0v) is 4.32. The number of hydrogen-bond acceptors (Lipinski definition) is 2. The fourth-order valence-electron chi connectivity index (χ4n) is 0. The second-order valence-electron chi connectivity index (χ2n) is 1.06. The predicted octanol–water partition coefficient (Wildman–Crippen LogP) is 1.15. The van der Waals surface area contributed by atoms with Gasteiger partial charge in [-0.2, -0.15) is 0 Å². The molecule has 2 heteroatoms. The van der Waals surface area contributed by atoms with Crippen molar-refractivity contribution in [1.29, 1.82) is 0 Å². The summed E-state index contributed by atoms with van der Waals surface area (Å²) in [5.41, 5.74) is 0. The molecule has 0 saturated heterocycles. The van der Waals surface area contributed by atoms with Gasteiger partial charge in [0.05, 0.1) is 0 Å². The number of ketones is 1. The highest BCUT2D eigenvalue weighted by Crippen LogP contribution is 1.71. The van der Waals surface area contributed by atoms with Crippen LogP contribution in [0.1, 0.15) is 20.3 Å². The van der Waals surface area contributed by atoms with E-state index in [0.717, 1.165) is 0 Å². The van der Waals surface area contributed by atoms with Gasteiger partial charge in [-0.1, -0.05) is 6.92 Å². The zero-order valence-electron chi connectivity index (χ0n) is 4.32. The van der Waals surface area contributed by atoms with Crippen molar-refractivity contribution in [3.63, 3.8) is 0 Å². The molecule has 0 aromatic rings. The highest BCUT2D eigenvalue weighted by atomic mass is 16.1. The minimum atomic E-state index is 0. The smallest absolute Gasteiger partial charge is 0.129 e. The molecule has 0 rings (SSSR count). The average Bonchev–Trinajstić information content (AvgIpc) is 1.38. The molecule has 0 amide bonds. The van der Waals surface area contributed by atoms with Gasteiger partial charge in [0.25, 0.3) is 0 Å². The van der Waals surface area contributed by atoms with Crippen molar-refractivity contribution in [1.82, 2.24) is 6.15 Å². The molecule has 0 atom stereocenters. The van der Waals surface area contributed by atoms with E-state index in [4.69, 9.17) is 0 Å². The predicted molar refractivity (Wildman–Crippen MR) is 26.0 cm³/mol. The molecule has 0 unspecified atom stereocenters. The van der Waals surface area contributed by atoms with Crippen LogP contribution >= 0.6 is 0 Å². The molecule has 0 aliphatic heterocycles. The molecule has 0 heterocycles. The molecule has 3 N–H and O–H groups in total. The van der Waals surface area contributed by atoms with E-state index in [2.05, 4.69) is 0 Å². The van der Waals surface area contributed by atoms with Crippen LogP contribution in [-0.4, -0.2) is 5.78 Å². The summed E-state index contributed by atoms with van der Waals surface area (Å²) in [5.74, 6) is 0.255. The van der Waals surface area contributed by atoms with Crippen LogP contribution in [0.2, 0.25) is 0 Å². The summed E-state index contributed by atoms with van der Waals surface area (Å²) in [4.78, 5) is 9.81. The molecule has 0 fully saturated rings. The van der Waals surface area contributed by atoms with Crippen molar-refractivity contribution in [2.75, 3.05) is 0 Å². The fraction of sp³-hybridized carbons (Fsp3) is 0.750. The summed E-state index contributed by atoms with van der Waals surface area (Å²) >= 11 is 0. The van der Waals surface area contributed by atoms with Crippen molar-refractivity contribution < 1.29 is 4.79 Å². The Labute approximate surface area is 38.1 Å². The van der Waals surface area contributed by atoms with Gasteiger partial charge in [0.15, 0.2) is 0 Å². The number of carbonyl (C=O) groups is 1. The number of carbonyl (C=O) groups excluding carboxylic acids is 1. The fourth-order valence-corrected chi connectivity index (χ4v) is 0. The summed E-state index contributed by atoms with van der Waals surface area (Å²) in [5, 5.41) is 0. The largest absolute Gasteiger partial charge is 0.344 e. The molecule has 0 aliphatic rings. The van der Waals surface area contributed by atoms with Crippen molar-refractivity contribution in [2.45, 2.75) is 20.3 Å². The lowest BCUT2D eigenvalue weighted by Gasteiger charge is -1.71. The monoisotopic (exact) mass is 89.1 g/mol. The van der Waals surface area contributed by atoms with Gasteiger partial charge in [-0.3, -0.25) is 0 Å². The molecule has 6 heavy (non-hydrogen) atoms. The molecular formula is C4H11NO.